The normalized spacial score (nSPS) is 10.2. The van der Waals surface area contributed by atoms with Gasteiger partial charge in [0.25, 0.3) is 5.91 Å². The number of carbonyl (C=O) groups is 2. The van der Waals surface area contributed by atoms with Crippen LogP contribution in [0.15, 0.2) is 60.8 Å². The van der Waals surface area contributed by atoms with Gasteiger partial charge in [-0.05, 0) is 67.1 Å². The Morgan fingerprint density at radius 3 is 2.18 bits per heavy atom. The maximum absolute atomic E-state index is 12.4. The molecule has 3 aromatic rings. The van der Waals surface area contributed by atoms with Crippen molar-refractivity contribution in [3.8, 4) is 0 Å². The first-order valence-electron chi connectivity index (χ1n) is 8.59. The van der Waals surface area contributed by atoms with Gasteiger partial charge in [0.1, 0.15) is 5.69 Å². The number of aromatic nitrogens is 1. The highest BCUT2D eigenvalue weighted by molar-refractivity contribution is 6.30. The zero-order valence-electron chi connectivity index (χ0n) is 15.4. The number of hydrogen-bond donors (Lipinski definition) is 3. The van der Waals surface area contributed by atoms with Gasteiger partial charge in [-0.2, -0.15) is 0 Å². The Balaban J connectivity index is 1.64. The van der Waals surface area contributed by atoms with E-state index in [9.17, 15) is 9.59 Å². The first-order chi connectivity index (χ1) is 13.4. The molecule has 0 bridgehead atoms. The van der Waals surface area contributed by atoms with Gasteiger partial charge in [-0.1, -0.05) is 11.6 Å². The van der Waals surface area contributed by atoms with E-state index < -0.39 is 0 Å². The first kappa shape index (κ1) is 19.4. The average Bonchev–Trinajstić information content (AvgIpc) is 2.66. The van der Waals surface area contributed by atoms with Gasteiger partial charge >= 0.3 is 0 Å². The monoisotopic (exact) mass is 394 g/mol. The number of rotatable bonds is 5. The summed E-state index contributed by atoms with van der Waals surface area (Å²) >= 11 is 5.93. The highest BCUT2D eigenvalue weighted by Gasteiger charge is 2.09. The molecular formula is C21H19ClN4O2. The molecular weight excluding hydrogens is 376 g/mol. The van der Waals surface area contributed by atoms with Crippen LogP contribution < -0.4 is 16.0 Å². The fourth-order valence-electron chi connectivity index (χ4n) is 2.56. The van der Waals surface area contributed by atoms with Crippen LogP contribution in [-0.2, 0) is 4.79 Å². The second-order valence-electron chi connectivity index (χ2n) is 6.23. The highest BCUT2D eigenvalue weighted by atomic mass is 35.5. The SMILES string of the molecule is CC(=O)Nc1ccc(Nc2ccc(C(=O)Nc3ccc(Cl)cc3C)nc2)cc1. The van der Waals surface area contributed by atoms with Crippen molar-refractivity contribution in [2.75, 3.05) is 16.0 Å². The molecule has 3 N–H and O–H groups in total. The molecule has 0 aliphatic rings. The number of nitrogens with zero attached hydrogens (tertiary/aromatic N) is 1. The lowest BCUT2D eigenvalue weighted by molar-refractivity contribution is -0.114. The van der Waals surface area contributed by atoms with Gasteiger partial charge in [-0.25, -0.2) is 4.98 Å². The molecule has 3 rings (SSSR count). The molecule has 0 radical (unpaired) electrons. The van der Waals surface area contributed by atoms with Crippen LogP contribution in [0.25, 0.3) is 0 Å². The molecule has 0 atom stereocenters. The van der Waals surface area contributed by atoms with E-state index in [4.69, 9.17) is 11.6 Å². The lowest BCUT2D eigenvalue weighted by Gasteiger charge is -2.10. The molecule has 0 saturated carbocycles. The van der Waals surface area contributed by atoms with Crippen LogP contribution in [0, 0.1) is 6.92 Å². The van der Waals surface area contributed by atoms with Crippen molar-refractivity contribution >= 4 is 46.2 Å². The molecule has 0 unspecified atom stereocenters. The zero-order chi connectivity index (χ0) is 20.1. The summed E-state index contributed by atoms with van der Waals surface area (Å²) in [6.07, 6.45) is 1.59. The van der Waals surface area contributed by atoms with Crippen LogP contribution in [0.3, 0.4) is 0 Å². The van der Waals surface area contributed by atoms with Gasteiger partial charge in [-0.15, -0.1) is 0 Å². The van der Waals surface area contributed by atoms with E-state index in [-0.39, 0.29) is 11.8 Å². The van der Waals surface area contributed by atoms with E-state index in [0.717, 1.165) is 22.6 Å². The van der Waals surface area contributed by atoms with E-state index in [1.807, 2.05) is 19.1 Å². The number of hydrogen-bond acceptors (Lipinski definition) is 4. The molecule has 0 aliphatic carbocycles. The highest BCUT2D eigenvalue weighted by Crippen LogP contribution is 2.21. The summed E-state index contributed by atoms with van der Waals surface area (Å²) in [5, 5.41) is 9.36. The topological polar surface area (TPSA) is 83.1 Å². The van der Waals surface area contributed by atoms with Crippen molar-refractivity contribution in [1.82, 2.24) is 4.98 Å². The first-order valence-corrected chi connectivity index (χ1v) is 8.97. The Hall–Kier alpha value is -3.38. The number of anilines is 4. The second-order valence-corrected chi connectivity index (χ2v) is 6.67. The predicted molar refractivity (Wildman–Crippen MR) is 112 cm³/mol. The zero-order valence-corrected chi connectivity index (χ0v) is 16.2. The van der Waals surface area contributed by atoms with E-state index in [2.05, 4.69) is 20.9 Å². The molecule has 28 heavy (non-hydrogen) atoms. The maximum Gasteiger partial charge on any atom is 0.274 e. The molecule has 0 saturated heterocycles. The molecule has 2 amide bonds. The van der Waals surface area contributed by atoms with E-state index in [1.54, 1.807) is 48.7 Å². The lowest BCUT2D eigenvalue weighted by atomic mass is 10.2. The smallest absolute Gasteiger partial charge is 0.274 e. The molecule has 2 aromatic carbocycles. The van der Waals surface area contributed by atoms with Crippen LogP contribution in [0.4, 0.5) is 22.7 Å². The standard InChI is InChI=1S/C21H19ClN4O2/c1-13-11-15(22)3-9-19(13)26-21(28)20-10-8-18(12-23-20)25-17-6-4-16(5-7-17)24-14(2)27/h3-12,25H,1-2H3,(H,24,27)(H,26,28). The van der Waals surface area contributed by atoms with Crippen molar-refractivity contribution in [1.29, 1.82) is 0 Å². The minimum atomic E-state index is -0.295. The fourth-order valence-corrected chi connectivity index (χ4v) is 2.79. The van der Waals surface area contributed by atoms with Crippen molar-refractivity contribution in [3.63, 3.8) is 0 Å². The summed E-state index contributed by atoms with van der Waals surface area (Å²) < 4.78 is 0. The molecule has 7 heteroatoms. The van der Waals surface area contributed by atoms with Crippen LogP contribution >= 0.6 is 11.6 Å². The van der Waals surface area contributed by atoms with Crippen LogP contribution in [0.1, 0.15) is 23.0 Å². The van der Waals surface area contributed by atoms with Crippen LogP contribution in [0.5, 0.6) is 0 Å². The van der Waals surface area contributed by atoms with Gasteiger partial charge in [0.05, 0.1) is 11.9 Å². The van der Waals surface area contributed by atoms with Gasteiger partial charge in [0, 0.05) is 29.0 Å². The van der Waals surface area contributed by atoms with Crippen molar-refractivity contribution in [2.45, 2.75) is 13.8 Å². The molecule has 1 heterocycles. The Morgan fingerprint density at radius 2 is 1.57 bits per heavy atom. The third kappa shape index (κ3) is 5.08. The van der Waals surface area contributed by atoms with Gasteiger partial charge < -0.3 is 16.0 Å². The largest absolute Gasteiger partial charge is 0.354 e. The molecule has 0 spiro atoms. The number of aryl methyl sites for hydroxylation is 1. The van der Waals surface area contributed by atoms with Gasteiger partial charge in [0.15, 0.2) is 0 Å². The number of pyridine rings is 1. The van der Waals surface area contributed by atoms with Crippen molar-refractivity contribution < 1.29 is 9.59 Å². The van der Waals surface area contributed by atoms with Gasteiger partial charge in [-0.3, -0.25) is 9.59 Å². The Morgan fingerprint density at radius 1 is 0.893 bits per heavy atom. The summed E-state index contributed by atoms with van der Waals surface area (Å²) in [7, 11) is 0. The predicted octanol–water partition coefficient (Wildman–Crippen LogP) is 5.00. The third-order valence-corrected chi connectivity index (χ3v) is 4.16. The Kier molecular flexibility index (Phi) is 5.91. The number of benzene rings is 2. The summed E-state index contributed by atoms with van der Waals surface area (Å²) in [5.74, 6) is -0.413. The van der Waals surface area contributed by atoms with E-state index >= 15 is 0 Å². The second kappa shape index (κ2) is 8.54. The lowest BCUT2D eigenvalue weighted by Crippen LogP contribution is -2.14. The van der Waals surface area contributed by atoms with E-state index in [1.165, 1.54) is 6.92 Å². The number of carbonyl (C=O) groups excluding carboxylic acids is 2. The summed E-state index contributed by atoms with van der Waals surface area (Å²) in [5.41, 5.74) is 4.18. The molecule has 0 fully saturated rings. The third-order valence-electron chi connectivity index (χ3n) is 3.93. The number of amides is 2. The average molecular weight is 395 g/mol. The minimum Gasteiger partial charge on any atom is -0.354 e. The molecule has 142 valence electrons. The minimum absolute atomic E-state index is 0.118. The summed E-state index contributed by atoms with van der Waals surface area (Å²) in [6.45, 7) is 3.34. The Bertz CT molecular complexity index is 1000. The Labute approximate surface area is 168 Å². The quantitative estimate of drug-likeness (QED) is 0.568. The molecule has 6 nitrogen and oxygen atoms in total. The molecule has 0 aliphatic heterocycles. The van der Waals surface area contributed by atoms with Gasteiger partial charge in [0.2, 0.25) is 5.91 Å². The van der Waals surface area contributed by atoms with Crippen molar-refractivity contribution in [2.24, 2.45) is 0 Å². The van der Waals surface area contributed by atoms with Crippen LogP contribution in [-0.4, -0.2) is 16.8 Å². The maximum atomic E-state index is 12.4. The van der Waals surface area contributed by atoms with Crippen LogP contribution in [0.2, 0.25) is 5.02 Å². The molecule has 1 aromatic heterocycles. The summed E-state index contributed by atoms with van der Waals surface area (Å²) in [4.78, 5) is 27.7. The fraction of sp³-hybridized carbons (Fsp3) is 0.0952. The summed E-state index contributed by atoms with van der Waals surface area (Å²) in [6, 6.07) is 16.0. The van der Waals surface area contributed by atoms with Crippen molar-refractivity contribution in [3.05, 3.63) is 77.1 Å². The number of nitrogens with one attached hydrogen (secondary N) is 3. The van der Waals surface area contributed by atoms with E-state index in [0.29, 0.717) is 16.4 Å². The number of halogens is 1.